The minimum Gasteiger partial charge on any atom is -0.508 e. The van der Waals surface area contributed by atoms with E-state index in [-0.39, 0.29) is 43.4 Å². The molecule has 0 aliphatic heterocycles. The van der Waals surface area contributed by atoms with Crippen molar-refractivity contribution >= 4 is 15.2 Å². The molecule has 42 heavy (non-hydrogen) atoms. The minimum atomic E-state index is -5.08. The number of rotatable bonds is 17. The molecule has 0 spiro atoms. The molecule has 0 aliphatic rings. The number of aliphatic hydroxyl groups is 4. The van der Waals surface area contributed by atoms with Crippen LogP contribution in [0.15, 0.2) is 24.3 Å². The van der Waals surface area contributed by atoms with Gasteiger partial charge in [0.25, 0.3) is 0 Å². The number of aliphatic hydroxyl groups excluding tert-OH is 4. The van der Waals surface area contributed by atoms with Crippen molar-refractivity contribution in [2.24, 2.45) is 0 Å². The molecule has 2 aromatic carbocycles. The molecule has 14 nitrogen and oxygen atoms in total. The first kappa shape index (κ1) is 36.3. The Balaban J connectivity index is 2.64. The fourth-order valence-corrected chi connectivity index (χ4v) is 6.76. The predicted molar refractivity (Wildman–Crippen MR) is 153 cm³/mol. The normalized spacial score (nSPS) is 14.1. The highest BCUT2D eigenvalue weighted by molar-refractivity contribution is 7.52. The van der Waals surface area contributed by atoms with Gasteiger partial charge >= 0.3 is 15.2 Å². The first-order valence-corrected chi connectivity index (χ1v) is 16.8. The third-order valence-corrected chi connectivity index (χ3v) is 9.16. The van der Waals surface area contributed by atoms with Gasteiger partial charge in [0.05, 0.1) is 26.4 Å². The molecular formula is C26H42N2O12P2. The van der Waals surface area contributed by atoms with Crippen LogP contribution in [-0.2, 0) is 48.3 Å². The van der Waals surface area contributed by atoms with Crippen LogP contribution in [0.25, 0.3) is 0 Å². The predicted octanol–water partition coefficient (Wildman–Crippen LogP) is 0.504. The highest BCUT2D eigenvalue weighted by atomic mass is 31.2. The Hall–Kier alpha value is -1.90. The molecule has 2 aromatic rings. The van der Waals surface area contributed by atoms with Crippen LogP contribution in [0.2, 0.25) is 0 Å². The summed E-state index contributed by atoms with van der Waals surface area (Å²) in [6, 6.07) is 4.52. The van der Waals surface area contributed by atoms with Crippen molar-refractivity contribution in [2.45, 2.75) is 64.8 Å². The van der Waals surface area contributed by atoms with Crippen molar-refractivity contribution in [1.29, 1.82) is 0 Å². The number of phenolic OH excluding ortho intramolecular Hbond substituents is 2. The third-order valence-electron chi connectivity index (χ3n) is 7.16. The van der Waals surface area contributed by atoms with Crippen molar-refractivity contribution < 1.29 is 59.3 Å². The summed E-state index contributed by atoms with van der Waals surface area (Å²) < 4.78 is 24.6. The zero-order valence-electron chi connectivity index (χ0n) is 23.6. The van der Waals surface area contributed by atoms with Crippen molar-refractivity contribution in [3.05, 3.63) is 57.6 Å². The van der Waals surface area contributed by atoms with Gasteiger partial charge in [-0.15, -0.1) is 0 Å². The second kappa shape index (κ2) is 15.7. The summed E-state index contributed by atoms with van der Waals surface area (Å²) in [5.74, 6) is -2.34. The summed E-state index contributed by atoms with van der Waals surface area (Å²) >= 11 is 0. The Kier molecular flexibility index (Phi) is 13.6. The molecule has 2 unspecified atom stereocenters. The van der Waals surface area contributed by atoms with Gasteiger partial charge in [0.1, 0.15) is 23.6 Å². The fraction of sp³-hybridized carbons (Fsp3) is 0.538. The Bertz CT molecular complexity index is 1280. The monoisotopic (exact) mass is 636 g/mol. The van der Waals surface area contributed by atoms with E-state index in [9.17, 15) is 59.3 Å². The molecule has 0 bridgehead atoms. The van der Waals surface area contributed by atoms with E-state index in [0.717, 1.165) is 4.90 Å². The molecular weight excluding hydrogens is 594 g/mol. The van der Waals surface area contributed by atoms with E-state index >= 15 is 0 Å². The van der Waals surface area contributed by atoms with Gasteiger partial charge in [-0.05, 0) is 47.2 Å². The van der Waals surface area contributed by atoms with Gasteiger partial charge in [-0.25, -0.2) is 0 Å². The lowest BCUT2D eigenvalue weighted by Crippen LogP contribution is -2.51. The number of nitrogens with zero attached hydrogens (tertiary/aromatic N) is 2. The first-order chi connectivity index (χ1) is 19.6. The fourth-order valence-electron chi connectivity index (χ4n) is 5.15. The molecule has 238 valence electrons. The highest BCUT2D eigenvalue weighted by Gasteiger charge is 2.39. The van der Waals surface area contributed by atoms with Crippen LogP contribution >= 0.6 is 15.2 Å². The molecule has 0 amide bonds. The van der Waals surface area contributed by atoms with Gasteiger partial charge in [-0.2, -0.15) is 0 Å². The largest absolute Gasteiger partial charge is 0.508 e. The molecule has 0 aromatic heterocycles. The molecule has 0 saturated heterocycles. The maximum Gasteiger partial charge on any atom is 0.344 e. The van der Waals surface area contributed by atoms with E-state index in [1.165, 1.54) is 23.1 Å². The lowest BCUT2D eigenvalue weighted by atomic mass is 9.97. The second-order valence-electron chi connectivity index (χ2n) is 10.1. The number of hydrogen-bond acceptors (Lipinski definition) is 10. The van der Waals surface area contributed by atoms with Crippen LogP contribution in [0, 0.1) is 0 Å². The van der Waals surface area contributed by atoms with Crippen molar-refractivity contribution in [1.82, 2.24) is 9.80 Å². The SMILES string of the molecule is CCc1cc(CO)cc(O)c1CN(CC(CO)N(Cc1c(O)ccc(CO)c1CC)C(CO)P(=O)(O)O)CP(=O)(O)O. The minimum absolute atomic E-state index is 0.196. The topological polar surface area (TPSA) is 243 Å². The number of phenols is 2. The van der Waals surface area contributed by atoms with Crippen LogP contribution in [0.4, 0.5) is 0 Å². The van der Waals surface area contributed by atoms with E-state index in [4.69, 9.17) is 0 Å². The Morgan fingerprint density at radius 2 is 1.43 bits per heavy atom. The summed E-state index contributed by atoms with van der Waals surface area (Å²) in [5.41, 5.74) is 2.48. The lowest BCUT2D eigenvalue weighted by molar-refractivity contribution is 0.0449. The molecule has 0 heterocycles. The molecule has 0 saturated carbocycles. The van der Waals surface area contributed by atoms with Gasteiger partial charge in [0.15, 0.2) is 0 Å². The van der Waals surface area contributed by atoms with E-state index in [1.54, 1.807) is 19.9 Å². The third kappa shape index (κ3) is 9.55. The van der Waals surface area contributed by atoms with Crippen LogP contribution in [0.5, 0.6) is 11.5 Å². The van der Waals surface area contributed by atoms with E-state index in [2.05, 4.69) is 0 Å². The summed E-state index contributed by atoms with van der Waals surface area (Å²) in [6.07, 6.45) is -0.113. The molecule has 0 fully saturated rings. The quantitative estimate of drug-likeness (QED) is 0.106. The van der Waals surface area contributed by atoms with E-state index in [1.807, 2.05) is 0 Å². The smallest absolute Gasteiger partial charge is 0.344 e. The molecule has 0 radical (unpaired) electrons. The summed E-state index contributed by atoms with van der Waals surface area (Å²) in [7, 11) is -9.81. The van der Waals surface area contributed by atoms with Crippen molar-refractivity contribution in [3.63, 3.8) is 0 Å². The zero-order valence-corrected chi connectivity index (χ0v) is 25.4. The number of hydrogen-bond donors (Lipinski definition) is 10. The van der Waals surface area contributed by atoms with E-state index in [0.29, 0.717) is 40.7 Å². The number of benzene rings is 2. The first-order valence-electron chi connectivity index (χ1n) is 13.3. The standard InChI is InChI=1S/C26H42N2O12P2/c1-3-18-7-17(12-29)8-25(34)22(18)10-27(16-41(35,36)37)9-20(14-31)28(26(15-32)42(38,39)40)11-23-21(4-2)19(13-30)5-6-24(23)33/h5-8,20,26,29-34H,3-4,9-16H2,1-2H3,(H2,35,36,37)(H2,38,39,40). The highest BCUT2D eigenvalue weighted by Crippen LogP contribution is 2.45. The Labute approximate surface area is 244 Å². The molecule has 0 aliphatic carbocycles. The average molecular weight is 637 g/mol. The lowest BCUT2D eigenvalue weighted by Gasteiger charge is -2.39. The van der Waals surface area contributed by atoms with Crippen molar-refractivity contribution in [3.8, 4) is 11.5 Å². The summed E-state index contributed by atoms with van der Waals surface area (Å²) in [4.78, 5) is 42.2. The van der Waals surface area contributed by atoms with Crippen molar-refractivity contribution in [2.75, 3.05) is 26.0 Å². The maximum absolute atomic E-state index is 12.5. The Morgan fingerprint density at radius 1 is 0.762 bits per heavy atom. The average Bonchev–Trinajstić information content (AvgIpc) is 2.91. The maximum atomic E-state index is 12.5. The Morgan fingerprint density at radius 3 is 1.90 bits per heavy atom. The van der Waals surface area contributed by atoms with Gasteiger partial charge in [0, 0.05) is 36.8 Å². The zero-order chi connectivity index (χ0) is 31.8. The van der Waals surface area contributed by atoms with Crippen LogP contribution < -0.4 is 0 Å². The van der Waals surface area contributed by atoms with Gasteiger partial charge in [-0.1, -0.05) is 26.0 Å². The molecule has 2 rings (SSSR count). The van der Waals surface area contributed by atoms with Gasteiger partial charge < -0.3 is 50.2 Å². The number of aromatic hydroxyl groups is 2. The molecule has 2 atom stereocenters. The molecule has 10 N–H and O–H groups in total. The number of aryl methyl sites for hydroxylation is 1. The molecule has 16 heteroatoms. The second-order valence-corrected chi connectivity index (χ2v) is 13.4. The van der Waals surface area contributed by atoms with E-state index < -0.39 is 53.1 Å². The summed E-state index contributed by atoms with van der Waals surface area (Å²) in [5, 5.41) is 61.1. The van der Waals surface area contributed by atoms with Crippen LogP contribution in [0.3, 0.4) is 0 Å². The summed E-state index contributed by atoms with van der Waals surface area (Å²) in [6.45, 7) is -0.0262. The van der Waals surface area contributed by atoms with Crippen LogP contribution in [0.1, 0.15) is 47.2 Å². The van der Waals surface area contributed by atoms with Crippen LogP contribution in [-0.4, -0.2) is 97.9 Å². The van der Waals surface area contributed by atoms with Gasteiger partial charge in [0.2, 0.25) is 0 Å². The van der Waals surface area contributed by atoms with Gasteiger partial charge in [-0.3, -0.25) is 18.9 Å².